The van der Waals surface area contributed by atoms with Crippen molar-refractivity contribution in [3.8, 4) is 0 Å². The number of nitrogens with one attached hydrogen (secondary N) is 1. The molecule has 0 aromatic heterocycles. The molecule has 0 aliphatic carbocycles. The Balaban J connectivity index is 2.59. The minimum atomic E-state index is -1.61. The van der Waals surface area contributed by atoms with E-state index in [1.54, 1.807) is 6.08 Å². The molecule has 1 heterocycles. The normalized spacial score (nSPS) is 18.8. The Kier molecular flexibility index (Phi) is 57.3. The van der Waals surface area contributed by atoms with Crippen molar-refractivity contribution in [2.24, 2.45) is 0 Å². The van der Waals surface area contributed by atoms with Gasteiger partial charge in [0.1, 0.15) is 24.4 Å². The van der Waals surface area contributed by atoms with Gasteiger partial charge in [-0.3, -0.25) is 9.59 Å². The Morgan fingerprint density at radius 3 is 1.25 bits per heavy atom. The number of ether oxygens (including phenoxy) is 3. The summed E-state index contributed by atoms with van der Waals surface area (Å²) in [7, 11) is 0. The molecule has 1 aliphatic heterocycles. The highest BCUT2D eigenvalue weighted by atomic mass is 16.7. The summed E-state index contributed by atoms with van der Waals surface area (Å²) in [6.07, 6.45) is 66.8. The molecule has 0 bridgehead atoms. The average Bonchev–Trinajstić information content (AvgIpc) is 3.54. The molecule has 0 aromatic carbocycles. The highest BCUT2D eigenvalue weighted by molar-refractivity contribution is 5.80. The molecule has 6 N–H and O–H groups in total. The van der Waals surface area contributed by atoms with Gasteiger partial charge in [0.15, 0.2) is 12.4 Å². The van der Waals surface area contributed by atoms with Gasteiger partial charge in [0.2, 0.25) is 5.91 Å². The topological polar surface area (TPSA) is 175 Å². The lowest BCUT2D eigenvalue weighted by molar-refractivity contribution is -0.305. The van der Waals surface area contributed by atoms with Crippen molar-refractivity contribution < 1.29 is 49.3 Å². The second-order valence-electron chi connectivity index (χ2n) is 24.6. The van der Waals surface area contributed by atoms with Crippen molar-refractivity contribution in [2.75, 3.05) is 13.2 Å². The van der Waals surface area contributed by atoms with Gasteiger partial charge in [0.25, 0.3) is 0 Å². The predicted molar refractivity (Wildman–Crippen MR) is 352 cm³/mol. The highest BCUT2D eigenvalue weighted by Crippen LogP contribution is 2.26. The fourth-order valence-corrected chi connectivity index (χ4v) is 11.0. The van der Waals surface area contributed by atoms with Crippen LogP contribution in [0, 0.1) is 0 Å². The van der Waals surface area contributed by atoms with E-state index in [1.165, 1.54) is 199 Å². The number of unbranched alkanes of at least 4 members (excludes halogenated alkanes) is 39. The number of esters is 1. The van der Waals surface area contributed by atoms with Crippen LogP contribution in [0.3, 0.4) is 0 Å². The van der Waals surface area contributed by atoms with Gasteiger partial charge in [-0.2, -0.15) is 0 Å². The number of hydrogen-bond donors (Lipinski definition) is 6. The standard InChI is InChI=1S/C73H133NO10/c1-4-7-10-13-16-19-22-25-27-29-31-32-33-34-35-37-38-40-42-45-48-51-54-57-60-66(77)72(81)74-64(65(76)59-56-53-50-47-44-24-21-18-15-12-9-6-3)63-82-73-71(70(80)69(79)67(62-75)83-73)84-68(78)61-58-55-52-49-46-43-41-39-36-30-28-26-23-20-17-14-11-8-5-2/h16,19,25,27,31-32,34-35,56,59,64-67,69-71,73,75-77,79-80H,4-15,17-18,20-24,26,28-30,33,36-55,57-58,60-63H2,1-3H3,(H,74,81)/b19-16-,27-25-,32-31-,35-34-,59-56+. The van der Waals surface area contributed by atoms with Crippen molar-refractivity contribution in [1.29, 1.82) is 0 Å². The van der Waals surface area contributed by atoms with Gasteiger partial charge in [-0.25, -0.2) is 0 Å². The second kappa shape index (κ2) is 60.6. The summed E-state index contributed by atoms with van der Waals surface area (Å²) in [6.45, 7) is 5.80. The Labute approximate surface area is 516 Å². The fraction of sp³-hybridized carbons (Fsp3) is 0.836. The Bertz CT molecular complexity index is 1600. The monoisotopic (exact) mass is 1180 g/mol. The summed E-state index contributed by atoms with van der Waals surface area (Å²) in [4.78, 5) is 26.7. The van der Waals surface area contributed by atoms with Gasteiger partial charge in [-0.15, -0.1) is 0 Å². The number of carbonyl (C=O) groups excluding carboxylic acids is 2. The molecule has 0 radical (unpaired) electrons. The quantitative estimate of drug-likeness (QED) is 0.0195. The molecule has 0 saturated carbocycles. The molecule has 84 heavy (non-hydrogen) atoms. The van der Waals surface area contributed by atoms with E-state index in [-0.39, 0.29) is 19.4 Å². The van der Waals surface area contributed by atoms with E-state index in [4.69, 9.17) is 14.2 Å². The highest BCUT2D eigenvalue weighted by Gasteiger charge is 2.47. The summed E-state index contributed by atoms with van der Waals surface area (Å²) < 4.78 is 17.7. The molecule has 8 unspecified atom stereocenters. The molecule has 1 amide bonds. The van der Waals surface area contributed by atoms with Crippen LogP contribution in [0.4, 0.5) is 0 Å². The molecule has 490 valence electrons. The summed E-state index contributed by atoms with van der Waals surface area (Å²) in [5.74, 6) is -1.19. The number of carbonyl (C=O) groups is 2. The summed E-state index contributed by atoms with van der Waals surface area (Å²) in [5.41, 5.74) is 0. The van der Waals surface area contributed by atoms with E-state index < -0.39 is 67.4 Å². The van der Waals surface area contributed by atoms with Crippen molar-refractivity contribution in [3.63, 3.8) is 0 Å². The molecule has 1 fully saturated rings. The van der Waals surface area contributed by atoms with E-state index in [0.717, 1.165) is 83.5 Å². The van der Waals surface area contributed by atoms with E-state index in [0.29, 0.717) is 12.8 Å². The molecule has 8 atom stereocenters. The van der Waals surface area contributed by atoms with E-state index in [2.05, 4.69) is 74.7 Å². The predicted octanol–water partition coefficient (Wildman–Crippen LogP) is 18.1. The van der Waals surface area contributed by atoms with Gasteiger partial charge in [0, 0.05) is 6.42 Å². The maximum atomic E-state index is 13.5. The van der Waals surface area contributed by atoms with Crippen LogP contribution in [0.15, 0.2) is 60.8 Å². The van der Waals surface area contributed by atoms with Gasteiger partial charge in [0.05, 0.1) is 25.4 Å². The number of allylic oxidation sites excluding steroid dienone is 9. The minimum Gasteiger partial charge on any atom is -0.454 e. The summed E-state index contributed by atoms with van der Waals surface area (Å²) in [6, 6.07) is -1.03. The van der Waals surface area contributed by atoms with Crippen LogP contribution >= 0.6 is 0 Å². The first-order valence-corrected chi connectivity index (χ1v) is 35.6. The molecule has 0 aromatic rings. The third-order valence-electron chi connectivity index (χ3n) is 16.7. The maximum Gasteiger partial charge on any atom is 0.306 e. The largest absolute Gasteiger partial charge is 0.454 e. The van der Waals surface area contributed by atoms with Crippen molar-refractivity contribution in [3.05, 3.63) is 60.8 Å². The number of aliphatic hydroxyl groups is 5. The van der Waals surface area contributed by atoms with Crippen molar-refractivity contribution in [1.82, 2.24) is 5.32 Å². The molecular formula is C73H133NO10. The van der Waals surface area contributed by atoms with Gasteiger partial charge >= 0.3 is 5.97 Å². The average molecular weight is 1180 g/mol. The van der Waals surface area contributed by atoms with E-state index in [1.807, 2.05) is 6.08 Å². The third-order valence-corrected chi connectivity index (χ3v) is 16.7. The van der Waals surface area contributed by atoms with Crippen molar-refractivity contribution in [2.45, 2.75) is 378 Å². The lowest BCUT2D eigenvalue weighted by atomic mass is 9.99. The molecule has 1 aliphatic rings. The van der Waals surface area contributed by atoms with Crippen LogP contribution in [0.5, 0.6) is 0 Å². The summed E-state index contributed by atoms with van der Waals surface area (Å²) >= 11 is 0. The zero-order valence-corrected chi connectivity index (χ0v) is 54.5. The van der Waals surface area contributed by atoms with Crippen LogP contribution in [-0.4, -0.2) is 99.6 Å². The Morgan fingerprint density at radius 1 is 0.464 bits per heavy atom. The number of aliphatic hydroxyl groups excluding tert-OH is 5. The first-order chi connectivity index (χ1) is 41.2. The minimum absolute atomic E-state index is 0.126. The van der Waals surface area contributed by atoms with Crippen LogP contribution in [-0.2, 0) is 23.8 Å². The van der Waals surface area contributed by atoms with E-state index >= 15 is 0 Å². The lowest BCUT2D eigenvalue weighted by Crippen LogP contribution is -2.61. The molecule has 11 nitrogen and oxygen atoms in total. The second-order valence-corrected chi connectivity index (χ2v) is 24.6. The summed E-state index contributed by atoms with van der Waals surface area (Å²) in [5, 5.41) is 57.2. The van der Waals surface area contributed by atoms with Crippen LogP contribution in [0.25, 0.3) is 0 Å². The zero-order valence-electron chi connectivity index (χ0n) is 54.5. The van der Waals surface area contributed by atoms with E-state index in [9.17, 15) is 35.1 Å². The zero-order chi connectivity index (χ0) is 61.0. The van der Waals surface area contributed by atoms with Crippen LogP contribution in [0.1, 0.15) is 329 Å². The lowest BCUT2D eigenvalue weighted by Gasteiger charge is -2.41. The van der Waals surface area contributed by atoms with Crippen LogP contribution in [0.2, 0.25) is 0 Å². The third kappa shape index (κ3) is 47.4. The van der Waals surface area contributed by atoms with Gasteiger partial charge in [-0.1, -0.05) is 313 Å². The SMILES string of the molecule is CCCCC/C=C\C/C=C\C/C=C\C/C=C\CCCCCCCCCCC(O)C(=O)NC(COC1OC(CO)C(O)C(O)C1OC(=O)CCCCCCCCCCCCCCCCCCCCC)C(O)/C=C/CCCCCCCCCCCC. The number of amides is 1. The first kappa shape index (κ1) is 79.4. The maximum absolute atomic E-state index is 13.5. The van der Waals surface area contributed by atoms with Crippen molar-refractivity contribution >= 4 is 11.9 Å². The Morgan fingerprint density at radius 2 is 0.821 bits per heavy atom. The smallest absolute Gasteiger partial charge is 0.306 e. The Hall–Kier alpha value is -2.64. The van der Waals surface area contributed by atoms with Gasteiger partial charge < -0.3 is 45.1 Å². The molecule has 1 rings (SSSR count). The molecule has 11 heteroatoms. The molecular weight excluding hydrogens is 1050 g/mol. The number of hydrogen-bond acceptors (Lipinski definition) is 10. The molecule has 1 saturated heterocycles. The van der Waals surface area contributed by atoms with Gasteiger partial charge in [-0.05, 0) is 70.6 Å². The fourth-order valence-electron chi connectivity index (χ4n) is 11.0. The number of rotatable bonds is 61. The first-order valence-electron chi connectivity index (χ1n) is 35.6. The molecule has 0 spiro atoms. The van der Waals surface area contributed by atoms with Crippen LogP contribution < -0.4 is 5.32 Å².